The van der Waals surface area contributed by atoms with Crippen molar-refractivity contribution >= 4 is 11.6 Å². The zero-order chi connectivity index (χ0) is 15.7. The van der Waals surface area contributed by atoms with Crippen LogP contribution in [0.1, 0.15) is 31.1 Å². The van der Waals surface area contributed by atoms with Gasteiger partial charge in [-0.1, -0.05) is 42.0 Å². The molecule has 4 heteroatoms. The number of para-hydroxylation sites is 1. The molecule has 0 spiro atoms. The van der Waals surface area contributed by atoms with Gasteiger partial charge in [0, 0.05) is 17.5 Å². The van der Waals surface area contributed by atoms with Gasteiger partial charge in [0.15, 0.2) is 0 Å². The summed E-state index contributed by atoms with van der Waals surface area (Å²) in [4.78, 5) is 0. The van der Waals surface area contributed by atoms with Crippen molar-refractivity contribution in [2.24, 2.45) is 0 Å². The SMILES string of the molecule is C/C=C/C1OC(C)(c2ccc(Cl)cc2F)Oc2ccccc21. The number of rotatable bonds is 2. The number of allylic oxidation sites excluding steroid dienone is 1. The third-order valence-corrected chi connectivity index (χ3v) is 3.90. The van der Waals surface area contributed by atoms with Crippen molar-refractivity contribution in [1.29, 1.82) is 0 Å². The Labute approximate surface area is 134 Å². The van der Waals surface area contributed by atoms with Crippen LogP contribution in [0.4, 0.5) is 4.39 Å². The molecule has 0 fully saturated rings. The van der Waals surface area contributed by atoms with E-state index in [2.05, 4.69) is 0 Å². The van der Waals surface area contributed by atoms with Crippen molar-refractivity contribution in [3.8, 4) is 5.75 Å². The predicted molar refractivity (Wildman–Crippen MR) is 84.5 cm³/mol. The van der Waals surface area contributed by atoms with E-state index < -0.39 is 11.6 Å². The van der Waals surface area contributed by atoms with Crippen LogP contribution in [-0.2, 0) is 10.5 Å². The highest BCUT2D eigenvalue weighted by molar-refractivity contribution is 6.30. The summed E-state index contributed by atoms with van der Waals surface area (Å²) >= 11 is 5.83. The van der Waals surface area contributed by atoms with Gasteiger partial charge in [-0.15, -0.1) is 0 Å². The molecule has 2 unspecified atom stereocenters. The molecule has 1 heterocycles. The Balaban J connectivity index is 2.09. The van der Waals surface area contributed by atoms with Crippen LogP contribution >= 0.6 is 11.6 Å². The summed E-state index contributed by atoms with van der Waals surface area (Å²) in [6.45, 7) is 3.63. The average Bonchev–Trinajstić information content (AvgIpc) is 2.47. The number of hydrogen-bond donors (Lipinski definition) is 0. The predicted octanol–water partition coefficient (Wildman–Crippen LogP) is 5.38. The van der Waals surface area contributed by atoms with Crippen molar-refractivity contribution in [2.45, 2.75) is 25.7 Å². The van der Waals surface area contributed by atoms with Crippen LogP contribution in [-0.4, -0.2) is 0 Å². The summed E-state index contributed by atoms with van der Waals surface area (Å²) in [6, 6.07) is 12.1. The smallest absolute Gasteiger partial charge is 0.238 e. The van der Waals surface area contributed by atoms with E-state index in [1.165, 1.54) is 6.07 Å². The Bertz CT molecular complexity index is 729. The van der Waals surface area contributed by atoms with Gasteiger partial charge in [0.1, 0.15) is 17.7 Å². The first-order valence-electron chi connectivity index (χ1n) is 7.07. The van der Waals surface area contributed by atoms with Gasteiger partial charge in [-0.25, -0.2) is 4.39 Å². The van der Waals surface area contributed by atoms with Gasteiger partial charge in [-0.05, 0) is 31.2 Å². The fourth-order valence-corrected chi connectivity index (χ4v) is 2.80. The molecule has 22 heavy (non-hydrogen) atoms. The standard InChI is InChI=1S/C18H16ClFO2/c1-3-6-16-13-7-4-5-8-17(13)22-18(2,21-16)14-10-9-12(19)11-15(14)20/h3-11,16H,1-2H3/b6-3+. The van der Waals surface area contributed by atoms with E-state index >= 15 is 0 Å². The largest absolute Gasteiger partial charge is 0.458 e. The molecule has 0 saturated heterocycles. The highest BCUT2D eigenvalue weighted by Crippen LogP contribution is 2.44. The molecule has 3 rings (SSSR count). The van der Waals surface area contributed by atoms with Crippen molar-refractivity contribution in [3.63, 3.8) is 0 Å². The van der Waals surface area contributed by atoms with Gasteiger partial charge >= 0.3 is 0 Å². The second-order valence-electron chi connectivity index (χ2n) is 5.27. The van der Waals surface area contributed by atoms with Gasteiger partial charge in [0.25, 0.3) is 0 Å². The van der Waals surface area contributed by atoms with Crippen molar-refractivity contribution in [2.75, 3.05) is 0 Å². The summed E-state index contributed by atoms with van der Waals surface area (Å²) < 4.78 is 26.3. The molecule has 2 aromatic rings. The average molecular weight is 319 g/mol. The highest BCUT2D eigenvalue weighted by atomic mass is 35.5. The minimum Gasteiger partial charge on any atom is -0.458 e. The minimum absolute atomic E-state index is 0.296. The Morgan fingerprint density at radius 1 is 1.23 bits per heavy atom. The lowest BCUT2D eigenvalue weighted by atomic mass is 10.0. The van der Waals surface area contributed by atoms with Crippen LogP contribution in [0.15, 0.2) is 54.6 Å². The van der Waals surface area contributed by atoms with Gasteiger partial charge in [0.2, 0.25) is 5.79 Å². The van der Waals surface area contributed by atoms with E-state index in [1.54, 1.807) is 19.1 Å². The molecular weight excluding hydrogens is 303 g/mol. The zero-order valence-electron chi connectivity index (χ0n) is 12.3. The molecule has 0 aromatic heterocycles. The van der Waals surface area contributed by atoms with Crippen LogP contribution in [0.3, 0.4) is 0 Å². The Kier molecular flexibility index (Phi) is 3.94. The summed E-state index contributed by atoms with van der Waals surface area (Å²) in [6.07, 6.45) is 3.54. The summed E-state index contributed by atoms with van der Waals surface area (Å²) in [5.41, 5.74) is 1.24. The lowest BCUT2D eigenvalue weighted by Gasteiger charge is -2.39. The molecule has 2 aromatic carbocycles. The topological polar surface area (TPSA) is 18.5 Å². The fourth-order valence-electron chi connectivity index (χ4n) is 2.64. The summed E-state index contributed by atoms with van der Waals surface area (Å²) in [5, 5.41) is 0.339. The van der Waals surface area contributed by atoms with Crippen molar-refractivity contribution in [1.82, 2.24) is 0 Å². The molecule has 1 aliphatic heterocycles. The fraction of sp³-hybridized carbons (Fsp3) is 0.222. The number of benzene rings is 2. The van der Waals surface area contributed by atoms with E-state index in [0.29, 0.717) is 16.3 Å². The van der Waals surface area contributed by atoms with Crippen molar-refractivity contribution in [3.05, 3.63) is 76.6 Å². The third-order valence-electron chi connectivity index (χ3n) is 3.67. The second-order valence-corrected chi connectivity index (χ2v) is 5.71. The van der Waals surface area contributed by atoms with E-state index in [4.69, 9.17) is 21.1 Å². The zero-order valence-corrected chi connectivity index (χ0v) is 13.1. The highest BCUT2D eigenvalue weighted by Gasteiger charge is 2.40. The Morgan fingerprint density at radius 3 is 2.73 bits per heavy atom. The van der Waals surface area contributed by atoms with E-state index in [1.807, 2.05) is 43.3 Å². The van der Waals surface area contributed by atoms with Gasteiger partial charge < -0.3 is 9.47 Å². The first kappa shape index (κ1) is 15.1. The summed E-state index contributed by atoms with van der Waals surface area (Å²) in [5.74, 6) is -0.977. The van der Waals surface area contributed by atoms with Crippen molar-refractivity contribution < 1.29 is 13.9 Å². The van der Waals surface area contributed by atoms with Crippen LogP contribution in [0, 0.1) is 5.82 Å². The summed E-state index contributed by atoms with van der Waals surface area (Å²) in [7, 11) is 0. The molecular formula is C18H16ClFO2. The van der Waals surface area contributed by atoms with Gasteiger partial charge in [-0.3, -0.25) is 0 Å². The molecule has 0 radical (unpaired) electrons. The molecule has 0 aliphatic carbocycles. The Hall–Kier alpha value is -1.84. The normalized spacial score (nSPS) is 24.1. The van der Waals surface area contributed by atoms with Crippen LogP contribution in [0.2, 0.25) is 5.02 Å². The maximum Gasteiger partial charge on any atom is 0.238 e. The molecule has 1 aliphatic rings. The minimum atomic E-state index is -1.22. The lowest BCUT2D eigenvalue weighted by Crippen LogP contribution is -2.38. The lowest BCUT2D eigenvalue weighted by molar-refractivity contribution is -0.217. The monoisotopic (exact) mass is 318 g/mol. The van der Waals surface area contributed by atoms with Gasteiger partial charge in [-0.2, -0.15) is 0 Å². The maximum atomic E-state index is 14.3. The first-order chi connectivity index (χ1) is 10.5. The molecule has 0 amide bonds. The van der Waals surface area contributed by atoms with E-state index in [0.717, 1.165) is 5.56 Å². The molecule has 0 N–H and O–H groups in total. The van der Waals surface area contributed by atoms with Crippen LogP contribution < -0.4 is 4.74 Å². The maximum absolute atomic E-state index is 14.3. The number of fused-ring (bicyclic) bond motifs is 1. The van der Waals surface area contributed by atoms with Crippen LogP contribution in [0.25, 0.3) is 0 Å². The third kappa shape index (κ3) is 2.62. The second kappa shape index (κ2) is 5.75. The molecule has 2 nitrogen and oxygen atoms in total. The number of ether oxygens (including phenoxy) is 2. The Morgan fingerprint density at radius 2 is 2.00 bits per heavy atom. The van der Waals surface area contributed by atoms with Crippen LogP contribution in [0.5, 0.6) is 5.75 Å². The first-order valence-corrected chi connectivity index (χ1v) is 7.45. The quantitative estimate of drug-likeness (QED) is 0.692. The molecule has 2 atom stereocenters. The van der Waals surface area contributed by atoms with E-state index in [9.17, 15) is 4.39 Å². The van der Waals surface area contributed by atoms with E-state index in [-0.39, 0.29) is 6.10 Å². The molecule has 114 valence electrons. The van der Waals surface area contributed by atoms with Gasteiger partial charge in [0.05, 0.1) is 5.56 Å². The molecule has 0 bridgehead atoms. The number of halogens is 2. The molecule has 0 saturated carbocycles. The number of hydrogen-bond acceptors (Lipinski definition) is 2.